The van der Waals surface area contributed by atoms with E-state index in [4.69, 9.17) is 9.73 Å². The first-order chi connectivity index (χ1) is 15.3. The summed E-state index contributed by atoms with van der Waals surface area (Å²) in [6, 6.07) is 8.56. The molecule has 2 aromatic carbocycles. The van der Waals surface area contributed by atoms with Crippen molar-refractivity contribution in [2.75, 3.05) is 19.0 Å². The zero-order valence-corrected chi connectivity index (χ0v) is 17.5. The van der Waals surface area contributed by atoms with Crippen molar-refractivity contribution in [3.05, 3.63) is 59.4 Å². The molecule has 9 heteroatoms. The molecule has 0 aromatic heterocycles. The number of carbonyl (C=O) groups excluding carboxylic acids is 2. The molecule has 32 heavy (non-hydrogen) atoms. The van der Waals surface area contributed by atoms with Crippen LogP contribution in [0.25, 0.3) is 0 Å². The van der Waals surface area contributed by atoms with Crippen molar-refractivity contribution in [2.24, 2.45) is 4.99 Å². The molecule has 2 aliphatic rings. The second-order valence-corrected chi connectivity index (χ2v) is 7.89. The Balaban J connectivity index is 1.59. The number of benzene rings is 2. The number of rotatable bonds is 5. The van der Waals surface area contributed by atoms with Gasteiger partial charge in [0.25, 0.3) is 5.91 Å². The largest absolute Gasteiger partial charge is 0.497 e. The van der Waals surface area contributed by atoms with E-state index in [1.165, 1.54) is 4.90 Å². The van der Waals surface area contributed by atoms with Gasteiger partial charge in [-0.05, 0) is 62.1 Å². The summed E-state index contributed by atoms with van der Waals surface area (Å²) in [7, 11) is 1.54. The molecular weight excluding hydrogens is 423 g/mol. The molecule has 0 radical (unpaired) electrons. The van der Waals surface area contributed by atoms with Gasteiger partial charge in [0, 0.05) is 5.56 Å². The highest BCUT2D eigenvalue weighted by Gasteiger charge is 2.48. The van der Waals surface area contributed by atoms with Gasteiger partial charge in [-0.2, -0.15) is 0 Å². The quantitative estimate of drug-likeness (QED) is 0.706. The number of nitrogens with zero attached hydrogens (tertiary/aromatic N) is 2. The zero-order valence-electron chi connectivity index (χ0n) is 17.5. The highest BCUT2D eigenvalue weighted by Crippen LogP contribution is 2.39. The predicted molar refractivity (Wildman–Crippen MR) is 112 cm³/mol. The molecule has 168 valence electrons. The average Bonchev–Trinajstić information content (AvgIpc) is 3.06. The molecule has 1 saturated carbocycles. The van der Waals surface area contributed by atoms with Crippen LogP contribution in [-0.2, 0) is 9.59 Å². The van der Waals surface area contributed by atoms with E-state index < -0.39 is 40.6 Å². The van der Waals surface area contributed by atoms with Gasteiger partial charge >= 0.3 is 0 Å². The Labute approximate surface area is 183 Å². The number of amides is 2. The van der Waals surface area contributed by atoms with Crippen LogP contribution >= 0.6 is 0 Å². The van der Waals surface area contributed by atoms with Gasteiger partial charge < -0.3 is 15.0 Å². The maximum atomic E-state index is 14.0. The average molecular weight is 445 g/mol. The Bertz CT molecular complexity index is 1080. The van der Waals surface area contributed by atoms with Gasteiger partial charge in [-0.1, -0.05) is 6.42 Å². The van der Waals surface area contributed by atoms with E-state index in [-0.39, 0.29) is 12.3 Å². The van der Waals surface area contributed by atoms with Gasteiger partial charge in [-0.3, -0.25) is 14.6 Å². The summed E-state index contributed by atoms with van der Waals surface area (Å²) in [5, 5.41) is 2.24. The molecule has 6 nitrogen and oxygen atoms in total. The summed E-state index contributed by atoms with van der Waals surface area (Å²) < 4.78 is 45.8. The SMILES string of the molecule is COc1ccc(C2=NC3(CCCCC3)N(CC(=O)Nc3ccc(F)c(F)c3F)C2=O)cc1. The van der Waals surface area contributed by atoms with E-state index in [0.717, 1.165) is 31.4 Å². The van der Waals surface area contributed by atoms with E-state index in [9.17, 15) is 22.8 Å². The molecular formula is C23H22F3N3O3. The molecule has 0 atom stereocenters. The summed E-state index contributed by atoms with van der Waals surface area (Å²) in [5.74, 6) is -5.01. The number of aliphatic imine (C=N–C) groups is 1. The minimum Gasteiger partial charge on any atom is -0.497 e. The zero-order chi connectivity index (χ0) is 22.9. The fraction of sp³-hybridized carbons (Fsp3) is 0.348. The number of halogens is 3. The lowest BCUT2D eigenvalue weighted by Crippen LogP contribution is -2.51. The number of hydrogen-bond donors (Lipinski definition) is 1. The minimum atomic E-state index is -1.67. The highest BCUT2D eigenvalue weighted by molar-refractivity contribution is 6.47. The van der Waals surface area contributed by atoms with Crippen molar-refractivity contribution in [3.63, 3.8) is 0 Å². The number of methoxy groups -OCH3 is 1. The maximum absolute atomic E-state index is 14.0. The van der Waals surface area contributed by atoms with Gasteiger partial charge in [-0.15, -0.1) is 0 Å². The summed E-state index contributed by atoms with van der Waals surface area (Å²) in [6.45, 7) is -0.388. The van der Waals surface area contributed by atoms with Crippen molar-refractivity contribution in [1.82, 2.24) is 4.90 Å². The standard InChI is InChI=1S/C23H22F3N3O3/c1-32-15-7-5-14(6-8-15)21-22(31)29(23(28-21)11-3-2-4-12-23)13-18(30)27-17-10-9-16(24)19(25)20(17)26/h5-10H,2-4,11-13H2,1H3,(H,27,30). The van der Waals surface area contributed by atoms with Crippen molar-refractivity contribution in [3.8, 4) is 5.75 Å². The van der Waals surface area contributed by atoms with E-state index in [2.05, 4.69) is 5.32 Å². The van der Waals surface area contributed by atoms with Crippen LogP contribution in [0.15, 0.2) is 41.4 Å². The Morgan fingerprint density at radius 2 is 1.75 bits per heavy atom. The first-order valence-electron chi connectivity index (χ1n) is 10.3. The van der Waals surface area contributed by atoms with Gasteiger partial charge in [0.2, 0.25) is 5.91 Å². The second-order valence-electron chi connectivity index (χ2n) is 7.89. The van der Waals surface area contributed by atoms with Crippen LogP contribution in [0.1, 0.15) is 37.7 Å². The van der Waals surface area contributed by atoms with Crippen molar-refractivity contribution in [1.29, 1.82) is 0 Å². The van der Waals surface area contributed by atoms with Crippen LogP contribution in [0.4, 0.5) is 18.9 Å². The molecule has 2 aromatic rings. The van der Waals surface area contributed by atoms with Crippen LogP contribution < -0.4 is 10.1 Å². The summed E-state index contributed by atoms with van der Waals surface area (Å²) >= 11 is 0. The van der Waals surface area contributed by atoms with E-state index in [1.807, 2.05) is 0 Å². The lowest BCUT2D eigenvalue weighted by Gasteiger charge is -2.38. The van der Waals surface area contributed by atoms with E-state index in [1.54, 1.807) is 31.4 Å². The Morgan fingerprint density at radius 3 is 2.41 bits per heavy atom. The fourth-order valence-corrected chi connectivity index (χ4v) is 4.24. The Morgan fingerprint density at radius 1 is 1.06 bits per heavy atom. The third kappa shape index (κ3) is 3.94. The summed E-state index contributed by atoms with van der Waals surface area (Å²) in [4.78, 5) is 32.1. The molecule has 1 aliphatic heterocycles. The van der Waals surface area contributed by atoms with Gasteiger partial charge in [-0.25, -0.2) is 13.2 Å². The molecule has 0 saturated heterocycles. The molecule has 4 rings (SSSR count). The molecule has 0 bridgehead atoms. The number of ether oxygens (including phenoxy) is 1. The van der Waals surface area contributed by atoms with Gasteiger partial charge in [0.05, 0.1) is 12.8 Å². The second kappa shape index (κ2) is 8.64. The summed E-state index contributed by atoms with van der Waals surface area (Å²) in [6.07, 6.45) is 3.91. The lowest BCUT2D eigenvalue weighted by molar-refractivity contribution is -0.134. The normalized spacial score (nSPS) is 17.4. The Kier molecular flexibility index (Phi) is 5.90. The third-order valence-corrected chi connectivity index (χ3v) is 5.90. The topological polar surface area (TPSA) is 71.0 Å². The minimum absolute atomic E-state index is 0.251. The molecule has 1 spiro atoms. The van der Waals surface area contributed by atoms with Crippen molar-refractivity contribution < 1.29 is 27.5 Å². The number of hydrogen-bond acceptors (Lipinski definition) is 4. The number of nitrogens with one attached hydrogen (secondary N) is 1. The monoisotopic (exact) mass is 445 g/mol. The number of carbonyl (C=O) groups is 2. The summed E-state index contributed by atoms with van der Waals surface area (Å²) in [5.41, 5.74) is -0.486. The molecule has 2 amide bonds. The van der Waals surface area contributed by atoms with Gasteiger partial charge in [0.1, 0.15) is 23.7 Å². The molecule has 1 fully saturated rings. The van der Waals surface area contributed by atoms with Crippen LogP contribution in [0.3, 0.4) is 0 Å². The Hall–Kier alpha value is -3.36. The van der Waals surface area contributed by atoms with Crippen molar-refractivity contribution >= 4 is 23.2 Å². The van der Waals surface area contributed by atoms with Crippen LogP contribution in [-0.4, -0.2) is 41.7 Å². The van der Waals surface area contributed by atoms with Crippen LogP contribution in [0, 0.1) is 17.5 Å². The maximum Gasteiger partial charge on any atom is 0.275 e. The fourth-order valence-electron chi connectivity index (χ4n) is 4.24. The molecule has 1 aliphatic carbocycles. The van der Waals surface area contributed by atoms with E-state index >= 15 is 0 Å². The number of anilines is 1. The van der Waals surface area contributed by atoms with Crippen LogP contribution in [0.2, 0.25) is 0 Å². The van der Waals surface area contributed by atoms with E-state index in [0.29, 0.717) is 24.2 Å². The van der Waals surface area contributed by atoms with Gasteiger partial charge in [0.15, 0.2) is 17.5 Å². The smallest absolute Gasteiger partial charge is 0.275 e. The predicted octanol–water partition coefficient (Wildman–Crippen LogP) is 4.04. The molecule has 1 N–H and O–H groups in total. The highest BCUT2D eigenvalue weighted by atomic mass is 19.2. The van der Waals surface area contributed by atoms with Crippen molar-refractivity contribution in [2.45, 2.75) is 37.8 Å². The third-order valence-electron chi connectivity index (χ3n) is 5.90. The lowest BCUT2D eigenvalue weighted by atomic mass is 9.88. The first-order valence-corrected chi connectivity index (χ1v) is 10.3. The van der Waals surface area contributed by atoms with Crippen LogP contribution in [0.5, 0.6) is 5.75 Å². The molecule has 0 unspecified atom stereocenters. The molecule has 1 heterocycles. The first kappa shape index (κ1) is 21.9.